The first-order valence-corrected chi connectivity index (χ1v) is 9.95. The number of aromatic nitrogens is 1. The summed E-state index contributed by atoms with van der Waals surface area (Å²) >= 11 is 0. The number of carbonyl (C=O) groups excluding carboxylic acids is 1. The summed E-state index contributed by atoms with van der Waals surface area (Å²) < 4.78 is 5.36. The van der Waals surface area contributed by atoms with E-state index in [1.807, 2.05) is 17.0 Å². The van der Waals surface area contributed by atoms with Crippen molar-refractivity contribution in [3.63, 3.8) is 0 Å². The first-order chi connectivity index (χ1) is 13.7. The lowest BCUT2D eigenvalue weighted by atomic mass is 10.0. The third-order valence-corrected chi connectivity index (χ3v) is 5.78. The molecular weight excluding hydrogens is 352 g/mol. The Bertz CT molecular complexity index is 816. The molecule has 0 bridgehead atoms. The van der Waals surface area contributed by atoms with Crippen LogP contribution in [0.4, 0.5) is 0 Å². The smallest absolute Gasteiger partial charge is 0.236 e. The minimum absolute atomic E-state index is 0.220. The highest BCUT2D eigenvalue weighted by atomic mass is 16.5. The fraction of sp³-hybridized carbons (Fsp3) is 0.455. The third kappa shape index (κ3) is 4.18. The summed E-state index contributed by atoms with van der Waals surface area (Å²) in [5, 5.41) is 3.44. The van der Waals surface area contributed by atoms with Crippen LogP contribution in [0.2, 0.25) is 0 Å². The predicted octanol–water partition coefficient (Wildman–Crippen LogP) is 1.98. The maximum Gasteiger partial charge on any atom is 0.236 e. The molecule has 1 aliphatic carbocycles. The highest BCUT2D eigenvalue weighted by molar-refractivity contribution is 5.78. The Kier molecular flexibility index (Phi) is 5.59. The van der Waals surface area contributed by atoms with Crippen molar-refractivity contribution in [3.8, 4) is 17.0 Å². The third-order valence-electron chi connectivity index (χ3n) is 5.78. The van der Waals surface area contributed by atoms with Crippen molar-refractivity contribution >= 4 is 5.91 Å². The van der Waals surface area contributed by atoms with Crippen molar-refractivity contribution in [2.45, 2.75) is 18.4 Å². The number of likely N-dealkylation sites (N-methyl/N-ethyl adjacent to an activating group) is 1. The van der Waals surface area contributed by atoms with E-state index in [1.54, 1.807) is 13.3 Å². The molecule has 1 saturated carbocycles. The number of hydrogen-bond donors (Lipinski definition) is 1. The van der Waals surface area contributed by atoms with Crippen LogP contribution in [0.3, 0.4) is 0 Å². The number of nitrogens with zero attached hydrogens (tertiary/aromatic N) is 3. The minimum atomic E-state index is 0.220. The lowest BCUT2D eigenvalue weighted by Crippen LogP contribution is -2.49. The zero-order chi connectivity index (χ0) is 19.5. The Morgan fingerprint density at radius 3 is 2.64 bits per heavy atom. The number of hydrogen-bond acceptors (Lipinski definition) is 5. The van der Waals surface area contributed by atoms with E-state index in [4.69, 9.17) is 4.74 Å². The Balaban J connectivity index is 1.30. The predicted molar refractivity (Wildman–Crippen MR) is 109 cm³/mol. The van der Waals surface area contributed by atoms with E-state index in [2.05, 4.69) is 46.5 Å². The number of amides is 1. The average Bonchev–Trinajstić information content (AvgIpc) is 3.52. The first kappa shape index (κ1) is 18.9. The van der Waals surface area contributed by atoms with Crippen molar-refractivity contribution in [1.82, 2.24) is 20.1 Å². The largest absolute Gasteiger partial charge is 0.481 e. The fourth-order valence-corrected chi connectivity index (χ4v) is 3.86. The second-order valence-corrected chi connectivity index (χ2v) is 7.70. The monoisotopic (exact) mass is 380 g/mol. The highest BCUT2D eigenvalue weighted by Gasteiger charge is 2.38. The van der Waals surface area contributed by atoms with E-state index in [-0.39, 0.29) is 5.91 Å². The van der Waals surface area contributed by atoms with Crippen LogP contribution in [0.25, 0.3) is 11.1 Å². The van der Waals surface area contributed by atoms with Crippen LogP contribution in [0.5, 0.6) is 5.88 Å². The Morgan fingerprint density at radius 1 is 1.18 bits per heavy atom. The summed E-state index contributed by atoms with van der Waals surface area (Å²) in [5.41, 5.74) is 3.42. The lowest BCUT2D eigenvalue weighted by Gasteiger charge is -2.32. The average molecular weight is 380 g/mol. The number of piperazine rings is 1. The summed E-state index contributed by atoms with van der Waals surface area (Å²) in [7, 11) is 3.74. The molecule has 148 valence electrons. The molecule has 2 fully saturated rings. The van der Waals surface area contributed by atoms with Gasteiger partial charge in [0.15, 0.2) is 0 Å². The number of carbonyl (C=O) groups is 1. The van der Waals surface area contributed by atoms with Crippen molar-refractivity contribution in [3.05, 3.63) is 48.2 Å². The van der Waals surface area contributed by atoms with E-state index >= 15 is 0 Å². The van der Waals surface area contributed by atoms with Crippen molar-refractivity contribution in [2.24, 2.45) is 0 Å². The van der Waals surface area contributed by atoms with Crippen LogP contribution in [-0.2, 0) is 4.79 Å². The standard InChI is InChI=1S/C22H28N4O2/c1-25-10-12-26(13-11-25)21(27)15-24-20-14-19(20)17-7-5-16(6-8-17)18-4-3-9-23-22(18)28-2/h3-9,19-20,24H,10-15H2,1-2H3/t19-,20+/m1/s1. The number of pyridine rings is 1. The SMILES string of the molecule is COc1ncccc1-c1ccc([C@H]2C[C@@H]2NCC(=O)N2CCN(C)CC2)cc1. The van der Waals surface area contributed by atoms with Gasteiger partial charge in [-0.15, -0.1) is 0 Å². The molecule has 4 rings (SSSR count). The van der Waals surface area contributed by atoms with E-state index < -0.39 is 0 Å². The normalized spacial score (nSPS) is 22.1. The van der Waals surface area contributed by atoms with Crippen LogP contribution in [0.1, 0.15) is 17.9 Å². The van der Waals surface area contributed by atoms with Gasteiger partial charge < -0.3 is 19.9 Å². The zero-order valence-corrected chi connectivity index (χ0v) is 16.6. The summed E-state index contributed by atoms with van der Waals surface area (Å²) in [6.45, 7) is 4.04. The molecule has 1 aromatic carbocycles. The quantitative estimate of drug-likeness (QED) is 0.830. The Morgan fingerprint density at radius 2 is 1.93 bits per heavy atom. The van der Waals surface area contributed by atoms with Gasteiger partial charge >= 0.3 is 0 Å². The number of benzene rings is 1. The summed E-state index contributed by atoms with van der Waals surface area (Å²) in [6.07, 6.45) is 2.83. The molecule has 2 heterocycles. The van der Waals surface area contributed by atoms with Gasteiger partial charge in [-0.3, -0.25) is 4.79 Å². The topological polar surface area (TPSA) is 57.7 Å². The van der Waals surface area contributed by atoms with Gasteiger partial charge in [0.2, 0.25) is 11.8 Å². The van der Waals surface area contributed by atoms with Gasteiger partial charge in [-0.25, -0.2) is 4.98 Å². The number of ether oxygens (including phenoxy) is 1. The molecule has 1 N–H and O–H groups in total. The van der Waals surface area contributed by atoms with Gasteiger partial charge in [0.25, 0.3) is 0 Å². The second kappa shape index (κ2) is 8.29. The zero-order valence-electron chi connectivity index (χ0n) is 16.6. The molecular formula is C22H28N4O2. The molecule has 2 aliphatic rings. The second-order valence-electron chi connectivity index (χ2n) is 7.70. The Labute approximate surface area is 166 Å². The summed E-state index contributed by atoms with van der Waals surface area (Å²) in [4.78, 5) is 20.9. The fourth-order valence-electron chi connectivity index (χ4n) is 3.86. The molecule has 0 spiro atoms. The molecule has 28 heavy (non-hydrogen) atoms. The van der Waals surface area contributed by atoms with E-state index in [9.17, 15) is 4.79 Å². The van der Waals surface area contributed by atoms with E-state index in [0.717, 1.165) is 43.7 Å². The first-order valence-electron chi connectivity index (χ1n) is 9.95. The van der Waals surface area contributed by atoms with Crippen molar-refractivity contribution in [1.29, 1.82) is 0 Å². The molecule has 6 heteroatoms. The number of nitrogens with one attached hydrogen (secondary N) is 1. The van der Waals surface area contributed by atoms with Gasteiger partial charge in [0, 0.05) is 49.9 Å². The maximum absolute atomic E-state index is 12.4. The van der Waals surface area contributed by atoms with Crippen molar-refractivity contribution < 1.29 is 9.53 Å². The number of methoxy groups -OCH3 is 1. The molecule has 2 aromatic rings. The van der Waals surface area contributed by atoms with Crippen LogP contribution >= 0.6 is 0 Å². The van der Waals surface area contributed by atoms with Crippen LogP contribution in [0.15, 0.2) is 42.6 Å². The van der Waals surface area contributed by atoms with Crippen LogP contribution in [0, 0.1) is 0 Å². The molecule has 6 nitrogen and oxygen atoms in total. The molecule has 0 radical (unpaired) electrons. The van der Waals surface area contributed by atoms with Crippen molar-refractivity contribution in [2.75, 3.05) is 46.9 Å². The maximum atomic E-state index is 12.4. The summed E-state index contributed by atoms with van der Waals surface area (Å²) in [6, 6.07) is 12.9. The molecule has 1 aromatic heterocycles. The number of rotatable bonds is 6. The Hall–Kier alpha value is -2.44. The molecule has 1 saturated heterocycles. The molecule has 0 unspecified atom stereocenters. The van der Waals surface area contributed by atoms with Gasteiger partial charge in [-0.2, -0.15) is 0 Å². The van der Waals surface area contributed by atoms with E-state index in [0.29, 0.717) is 24.4 Å². The van der Waals surface area contributed by atoms with E-state index in [1.165, 1.54) is 5.56 Å². The van der Waals surface area contributed by atoms with Crippen LogP contribution < -0.4 is 10.1 Å². The minimum Gasteiger partial charge on any atom is -0.481 e. The van der Waals surface area contributed by atoms with Gasteiger partial charge in [-0.1, -0.05) is 24.3 Å². The molecule has 1 aliphatic heterocycles. The van der Waals surface area contributed by atoms with Gasteiger partial charge in [-0.05, 0) is 36.7 Å². The molecule has 1 amide bonds. The van der Waals surface area contributed by atoms with Crippen LogP contribution in [-0.4, -0.2) is 73.6 Å². The van der Waals surface area contributed by atoms with Gasteiger partial charge in [0.05, 0.1) is 13.7 Å². The molecule has 2 atom stereocenters. The lowest BCUT2D eigenvalue weighted by molar-refractivity contribution is -0.131. The van der Waals surface area contributed by atoms with Gasteiger partial charge in [0.1, 0.15) is 0 Å². The summed E-state index contributed by atoms with van der Waals surface area (Å²) in [5.74, 6) is 1.35. The highest BCUT2D eigenvalue weighted by Crippen LogP contribution is 2.41.